The molecule has 2 fully saturated rings. The van der Waals surface area contributed by atoms with Gasteiger partial charge in [-0.25, -0.2) is 0 Å². The van der Waals surface area contributed by atoms with Crippen LogP contribution >= 0.6 is 0 Å². The number of carbonyl (C=O) groups excluding carboxylic acids is 1. The van der Waals surface area contributed by atoms with E-state index in [-0.39, 0.29) is 11.8 Å². The number of amides is 1. The largest absolute Gasteiger partial charge is 0.369 e. The highest BCUT2D eigenvalue weighted by atomic mass is 16.1. The van der Waals surface area contributed by atoms with Gasteiger partial charge in [-0.15, -0.1) is 0 Å². The molecule has 2 aliphatic rings. The summed E-state index contributed by atoms with van der Waals surface area (Å²) >= 11 is 0. The minimum Gasteiger partial charge on any atom is -0.369 e. The number of hydrogen-bond donors (Lipinski definition) is 1. The zero-order valence-electron chi connectivity index (χ0n) is 10.9. The molecule has 0 radical (unpaired) electrons. The molecule has 4 nitrogen and oxygen atoms in total. The molecule has 1 atom stereocenters. The highest BCUT2D eigenvalue weighted by Gasteiger charge is 2.29. The Kier molecular flexibility index (Phi) is 4.40. The van der Waals surface area contributed by atoms with Crippen molar-refractivity contribution in [3.8, 4) is 0 Å². The van der Waals surface area contributed by atoms with Crippen molar-refractivity contribution < 1.29 is 4.79 Å². The van der Waals surface area contributed by atoms with Gasteiger partial charge in [0.1, 0.15) is 0 Å². The van der Waals surface area contributed by atoms with E-state index >= 15 is 0 Å². The number of nitrogens with two attached hydrogens (primary N) is 1. The standard InChI is InChI=1S/C13H25N3O/c1-15-7-8-16(10-11(9-15)13(14)17)12-5-3-2-4-6-12/h11-12H,2-10H2,1H3,(H2,14,17). The van der Waals surface area contributed by atoms with Crippen LogP contribution in [0.3, 0.4) is 0 Å². The van der Waals surface area contributed by atoms with E-state index in [1.54, 1.807) is 0 Å². The Balaban J connectivity index is 1.98. The first-order valence-corrected chi connectivity index (χ1v) is 6.88. The minimum atomic E-state index is -0.139. The summed E-state index contributed by atoms with van der Waals surface area (Å²) in [5.41, 5.74) is 5.50. The molecule has 0 spiro atoms. The number of hydrogen-bond acceptors (Lipinski definition) is 3. The lowest BCUT2D eigenvalue weighted by atomic mass is 9.93. The van der Waals surface area contributed by atoms with Crippen LogP contribution in [0.5, 0.6) is 0 Å². The van der Waals surface area contributed by atoms with Gasteiger partial charge in [-0.05, 0) is 19.9 Å². The van der Waals surface area contributed by atoms with Crippen molar-refractivity contribution in [2.45, 2.75) is 38.1 Å². The first kappa shape index (κ1) is 12.8. The zero-order valence-corrected chi connectivity index (χ0v) is 10.9. The molecule has 2 N–H and O–H groups in total. The van der Waals surface area contributed by atoms with Crippen LogP contribution in [-0.4, -0.2) is 55.0 Å². The molecule has 1 aliphatic heterocycles. The van der Waals surface area contributed by atoms with Gasteiger partial charge in [0, 0.05) is 32.2 Å². The average Bonchev–Trinajstić information content (AvgIpc) is 2.52. The van der Waals surface area contributed by atoms with Crippen molar-refractivity contribution in [3.05, 3.63) is 0 Å². The second-order valence-electron chi connectivity index (χ2n) is 5.65. The highest BCUT2D eigenvalue weighted by molar-refractivity contribution is 5.77. The lowest BCUT2D eigenvalue weighted by molar-refractivity contribution is -0.122. The molecule has 0 aromatic heterocycles. The maximum Gasteiger partial charge on any atom is 0.223 e. The van der Waals surface area contributed by atoms with Crippen molar-refractivity contribution in [3.63, 3.8) is 0 Å². The van der Waals surface area contributed by atoms with E-state index in [0.717, 1.165) is 26.2 Å². The molecule has 2 rings (SSSR count). The van der Waals surface area contributed by atoms with Gasteiger partial charge in [0.15, 0.2) is 0 Å². The number of likely N-dealkylation sites (N-methyl/N-ethyl adjacent to an activating group) is 1. The fraction of sp³-hybridized carbons (Fsp3) is 0.923. The molecule has 1 amide bonds. The Morgan fingerprint density at radius 1 is 1.12 bits per heavy atom. The van der Waals surface area contributed by atoms with Crippen LogP contribution < -0.4 is 5.73 Å². The third-order valence-corrected chi connectivity index (χ3v) is 4.25. The Labute approximate surface area is 104 Å². The lowest BCUT2D eigenvalue weighted by Crippen LogP contribution is -2.43. The molecule has 98 valence electrons. The molecule has 0 bridgehead atoms. The summed E-state index contributed by atoms with van der Waals surface area (Å²) in [7, 11) is 2.08. The van der Waals surface area contributed by atoms with Gasteiger partial charge >= 0.3 is 0 Å². The quantitative estimate of drug-likeness (QED) is 0.770. The van der Waals surface area contributed by atoms with Crippen LogP contribution in [0.15, 0.2) is 0 Å². The van der Waals surface area contributed by atoms with E-state index in [1.165, 1.54) is 32.1 Å². The normalized spacial score (nSPS) is 30.1. The maximum atomic E-state index is 11.4. The number of primary amides is 1. The van der Waals surface area contributed by atoms with Crippen molar-refractivity contribution in [1.82, 2.24) is 9.80 Å². The molecular weight excluding hydrogens is 214 g/mol. The Morgan fingerprint density at radius 2 is 1.82 bits per heavy atom. The first-order valence-electron chi connectivity index (χ1n) is 6.88. The van der Waals surface area contributed by atoms with Crippen molar-refractivity contribution in [2.75, 3.05) is 33.2 Å². The molecule has 4 heteroatoms. The SMILES string of the molecule is CN1CCN(C2CCCCC2)CC(C(N)=O)C1. The third kappa shape index (κ3) is 3.42. The van der Waals surface area contributed by atoms with E-state index in [1.807, 2.05) is 0 Å². The molecule has 1 heterocycles. The van der Waals surface area contributed by atoms with Crippen LogP contribution in [0.1, 0.15) is 32.1 Å². The molecule has 0 aromatic carbocycles. The minimum absolute atomic E-state index is 0.00410. The molecule has 1 saturated heterocycles. The smallest absolute Gasteiger partial charge is 0.223 e. The molecule has 0 aromatic rings. The van der Waals surface area contributed by atoms with E-state index in [2.05, 4.69) is 16.8 Å². The van der Waals surface area contributed by atoms with Crippen molar-refractivity contribution in [1.29, 1.82) is 0 Å². The summed E-state index contributed by atoms with van der Waals surface area (Å²) < 4.78 is 0. The molecule has 1 saturated carbocycles. The predicted octanol–water partition coefficient (Wildman–Crippen LogP) is 0.668. The van der Waals surface area contributed by atoms with E-state index < -0.39 is 0 Å². The monoisotopic (exact) mass is 239 g/mol. The third-order valence-electron chi connectivity index (χ3n) is 4.25. The Hall–Kier alpha value is -0.610. The highest BCUT2D eigenvalue weighted by Crippen LogP contribution is 2.24. The summed E-state index contributed by atoms with van der Waals surface area (Å²) in [5.74, 6) is -0.135. The molecule has 1 aliphatic carbocycles. The van der Waals surface area contributed by atoms with Crippen LogP contribution in [0.25, 0.3) is 0 Å². The van der Waals surface area contributed by atoms with Gasteiger partial charge in [-0.2, -0.15) is 0 Å². The topological polar surface area (TPSA) is 49.6 Å². The van der Waals surface area contributed by atoms with Gasteiger partial charge in [0.25, 0.3) is 0 Å². The number of carbonyl (C=O) groups is 1. The van der Waals surface area contributed by atoms with Gasteiger partial charge in [-0.1, -0.05) is 19.3 Å². The first-order chi connectivity index (χ1) is 8.16. The maximum absolute atomic E-state index is 11.4. The summed E-state index contributed by atoms with van der Waals surface area (Å²) in [6.07, 6.45) is 6.67. The van der Waals surface area contributed by atoms with Crippen LogP contribution in [0, 0.1) is 5.92 Å². The van der Waals surface area contributed by atoms with E-state index in [4.69, 9.17) is 5.73 Å². The summed E-state index contributed by atoms with van der Waals surface area (Å²) in [4.78, 5) is 16.2. The number of nitrogens with zero attached hydrogens (tertiary/aromatic N) is 2. The van der Waals surface area contributed by atoms with Crippen molar-refractivity contribution in [2.24, 2.45) is 11.7 Å². The van der Waals surface area contributed by atoms with E-state index in [9.17, 15) is 4.79 Å². The van der Waals surface area contributed by atoms with Gasteiger partial charge < -0.3 is 10.6 Å². The van der Waals surface area contributed by atoms with Crippen LogP contribution in [-0.2, 0) is 4.79 Å². The lowest BCUT2D eigenvalue weighted by Gasteiger charge is -2.34. The summed E-state index contributed by atoms with van der Waals surface area (Å²) in [6.45, 7) is 3.83. The van der Waals surface area contributed by atoms with Crippen LogP contribution in [0.2, 0.25) is 0 Å². The molecule has 1 unspecified atom stereocenters. The predicted molar refractivity (Wildman–Crippen MR) is 68.6 cm³/mol. The molecular formula is C13H25N3O. The second kappa shape index (κ2) is 5.83. The van der Waals surface area contributed by atoms with Crippen molar-refractivity contribution >= 4 is 5.91 Å². The number of rotatable bonds is 2. The van der Waals surface area contributed by atoms with Gasteiger partial charge in [0.05, 0.1) is 5.92 Å². The molecule has 17 heavy (non-hydrogen) atoms. The second-order valence-corrected chi connectivity index (χ2v) is 5.65. The Bertz CT molecular complexity index is 263. The summed E-state index contributed by atoms with van der Waals surface area (Å²) in [5, 5.41) is 0. The Morgan fingerprint density at radius 3 is 2.47 bits per heavy atom. The fourth-order valence-electron chi connectivity index (χ4n) is 3.16. The van der Waals surface area contributed by atoms with Gasteiger partial charge in [-0.3, -0.25) is 9.69 Å². The zero-order chi connectivity index (χ0) is 12.3. The van der Waals surface area contributed by atoms with Crippen LogP contribution in [0.4, 0.5) is 0 Å². The fourth-order valence-corrected chi connectivity index (χ4v) is 3.16. The van der Waals surface area contributed by atoms with Gasteiger partial charge in [0.2, 0.25) is 5.91 Å². The average molecular weight is 239 g/mol. The van der Waals surface area contributed by atoms with E-state index in [0.29, 0.717) is 6.04 Å². The summed E-state index contributed by atoms with van der Waals surface area (Å²) in [6, 6.07) is 0.692.